The number of aromatic amines is 1. The van der Waals surface area contributed by atoms with E-state index in [-0.39, 0.29) is 37.5 Å². The molecule has 3 nitrogen and oxygen atoms in total. The van der Waals surface area contributed by atoms with Gasteiger partial charge in [-0.1, -0.05) is 88.5 Å². The fourth-order valence-corrected chi connectivity index (χ4v) is 4.06. The summed E-state index contributed by atoms with van der Waals surface area (Å²) in [5.74, 6) is -0.115. The van der Waals surface area contributed by atoms with Crippen LogP contribution in [0, 0.1) is 0 Å². The van der Waals surface area contributed by atoms with Crippen molar-refractivity contribution < 1.29 is 4.79 Å². The summed E-state index contributed by atoms with van der Waals surface area (Å²) in [6, 6.07) is 4.36. The van der Waals surface area contributed by atoms with E-state index in [0.717, 1.165) is 5.56 Å². The maximum Gasteiger partial charge on any atom is 0.180 e. The molecule has 0 saturated carbocycles. The van der Waals surface area contributed by atoms with Crippen molar-refractivity contribution in [1.82, 2.24) is 4.98 Å². The Hall–Kier alpha value is -1.00. The molecule has 3 N–H and O–H groups in total. The van der Waals surface area contributed by atoms with Crippen molar-refractivity contribution in [2.75, 3.05) is 0 Å². The smallest absolute Gasteiger partial charge is 0.180 e. The molecule has 0 spiro atoms. The van der Waals surface area contributed by atoms with Crippen molar-refractivity contribution in [2.45, 2.75) is 71.8 Å². The maximum absolute atomic E-state index is 12.6. The summed E-state index contributed by atoms with van der Waals surface area (Å²) in [6.07, 6.45) is 0.905. The van der Waals surface area contributed by atoms with Gasteiger partial charge in [-0.2, -0.15) is 0 Å². The molecule has 1 aromatic heterocycles. The van der Waals surface area contributed by atoms with Crippen LogP contribution >= 0.6 is 34.8 Å². The van der Waals surface area contributed by atoms with Gasteiger partial charge in [0.25, 0.3) is 0 Å². The number of aryl methyl sites for hydroxylation is 1. The number of aromatic nitrogens is 1. The predicted molar refractivity (Wildman–Crippen MR) is 120 cm³/mol. The molecule has 0 fully saturated rings. The number of benzene rings is 1. The first-order valence-electron chi connectivity index (χ1n) is 9.39. The van der Waals surface area contributed by atoms with E-state index >= 15 is 0 Å². The monoisotopic (exact) mass is 442 g/mol. The molecule has 0 bridgehead atoms. The molecule has 1 aromatic carbocycles. The topological polar surface area (TPSA) is 58.9 Å². The number of nitrogens with two attached hydrogens (primary N) is 1. The van der Waals surface area contributed by atoms with Crippen LogP contribution in [0.2, 0.25) is 15.2 Å². The Balaban J connectivity index is 2.40. The third-order valence-electron chi connectivity index (χ3n) is 4.89. The number of carbonyl (C=O) groups excluding carboxylic acids is 1. The van der Waals surface area contributed by atoms with Gasteiger partial charge in [0.2, 0.25) is 0 Å². The van der Waals surface area contributed by atoms with Gasteiger partial charge in [0.1, 0.15) is 10.8 Å². The van der Waals surface area contributed by atoms with Crippen LogP contribution < -0.4 is 5.73 Å². The summed E-state index contributed by atoms with van der Waals surface area (Å²) in [7, 11) is 0. The van der Waals surface area contributed by atoms with E-state index in [1.807, 2.05) is 0 Å². The first-order valence-corrected chi connectivity index (χ1v) is 10.5. The van der Waals surface area contributed by atoms with Crippen molar-refractivity contribution in [1.29, 1.82) is 0 Å². The number of Topliss-reactive ketones (excluding diaryl/α,β-unsaturated/α-hetero) is 1. The van der Waals surface area contributed by atoms with Gasteiger partial charge in [-0.3, -0.25) is 4.79 Å². The number of rotatable bonds is 5. The first-order chi connectivity index (χ1) is 12.8. The standard InChI is InChI=1S/C22H29Cl3N2O/c1-21(2,3)14-9-12(10-15(13(14)11-26)22(4,5)6)7-8-16(28)19-17(23)18(24)20(25)27-19/h9-10,27H,7-8,11,26H2,1-6H3. The SMILES string of the molecule is CC(C)(C)c1cc(CCC(=O)c2[nH]c(Cl)c(Cl)c2Cl)cc(C(C)(C)C)c1CN. The van der Waals surface area contributed by atoms with Gasteiger partial charge in [0.05, 0.1) is 10.0 Å². The highest BCUT2D eigenvalue weighted by Crippen LogP contribution is 2.36. The van der Waals surface area contributed by atoms with Crippen LogP contribution in [0.15, 0.2) is 12.1 Å². The summed E-state index contributed by atoms with van der Waals surface area (Å²) in [6.45, 7) is 13.6. The Kier molecular flexibility index (Phi) is 6.98. The highest BCUT2D eigenvalue weighted by atomic mass is 35.5. The van der Waals surface area contributed by atoms with Crippen molar-refractivity contribution in [3.05, 3.63) is 55.3 Å². The number of H-pyrrole nitrogens is 1. The van der Waals surface area contributed by atoms with E-state index in [1.54, 1.807) is 0 Å². The Morgan fingerprint density at radius 2 is 1.46 bits per heavy atom. The third-order valence-corrected chi connectivity index (χ3v) is 6.12. The number of ketones is 1. The lowest BCUT2D eigenvalue weighted by Crippen LogP contribution is -2.23. The van der Waals surface area contributed by atoms with E-state index < -0.39 is 0 Å². The molecule has 2 aromatic rings. The minimum absolute atomic E-state index is 0.0431. The lowest BCUT2D eigenvalue weighted by Gasteiger charge is -2.31. The largest absolute Gasteiger partial charge is 0.341 e. The number of hydrogen-bond acceptors (Lipinski definition) is 2. The van der Waals surface area contributed by atoms with Crippen LogP contribution in [0.25, 0.3) is 0 Å². The lowest BCUT2D eigenvalue weighted by atomic mass is 9.75. The zero-order valence-electron chi connectivity index (χ0n) is 17.4. The molecule has 2 rings (SSSR count). The Morgan fingerprint density at radius 1 is 0.964 bits per heavy atom. The van der Waals surface area contributed by atoms with Crippen molar-refractivity contribution in [3.8, 4) is 0 Å². The normalized spacial score (nSPS) is 12.5. The highest BCUT2D eigenvalue weighted by Gasteiger charge is 2.26. The summed E-state index contributed by atoms with van der Waals surface area (Å²) in [5, 5.41) is 0.553. The zero-order valence-corrected chi connectivity index (χ0v) is 19.7. The number of carbonyl (C=O) groups is 1. The van der Waals surface area contributed by atoms with Crippen LogP contribution in [0.1, 0.15) is 80.7 Å². The minimum Gasteiger partial charge on any atom is -0.341 e. The van der Waals surface area contributed by atoms with E-state index in [4.69, 9.17) is 40.5 Å². The van der Waals surface area contributed by atoms with Crippen LogP contribution in [0.5, 0.6) is 0 Å². The van der Waals surface area contributed by atoms with Crippen molar-refractivity contribution >= 4 is 40.6 Å². The Labute approximate surface area is 182 Å². The molecule has 1 heterocycles. The number of nitrogens with one attached hydrogen (secondary N) is 1. The molecule has 0 aliphatic carbocycles. The molecular weight excluding hydrogens is 415 g/mol. The fraction of sp³-hybridized carbons (Fsp3) is 0.500. The quantitative estimate of drug-likeness (QED) is 0.497. The summed E-state index contributed by atoms with van der Waals surface area (Å²) in [5.41, 5.74) is 11.1. The van der Waals surface area contributed by atoms with Crippen LogP contribution in [-0.2, 0) is 23.8 Å². The van der Waals surface area contributed by atoms with E-state index in [1.165, 1.54) is 16.7 Å². The summed E-state index contributed by atoms with van der Waals surface area (Å²) >= 11 is 18.0. The average molecular weight is 444 g/mol. The number of halogens is 3. The molecule has 28 heavy (non-hydrogen) atoms. The highest BCUT2D eigenvalue weighted by molar-refractivity contribution is 6.49. The summed E-state index contributed by atoms with van der Waals surface area (Å²) < 4.78 is 0. The molecule has 0 amide bonds. The second-order valence-electron chi connectivity index (χ2n) is 9.24. The molecular formula is C22H29Cl3N2O. The fourth-order valence-electron chi connectivity index (χ4n) is 3.43. The van der Waals surface area contributed by atoms with Gasteiger partial charge < -0.3 is 10.7 Å². The molecule has 0 radical (unpaired) electrons. The van der Waals surface area contributed by atoms with Crippen molar-refractivity contribution in [3.63, 3.8) is 0 Å². The second kappa shape index (κ2) is 8.39. The summed E-state index contributed by atoms with van der Waals surface area (Å²) in [4.78, 5) is 15.4. The van der Waals surface area contributed by atoms with Crippen LogP contribution in [0.4, 0.5) is 0 Å². The Morgan fingerprint density at radius 3 is 1.82 bits per heavy atom. The average Bonchev–Trinajstić information content (AvgIpc) is 2.84. The Bertz CT molecular complexity index is 851. The van der Waals surface area contributed by atoms with E-state index in [9.17, 15) is 4.79 Å². The second-order valence-corrected chi connectivity index (χ2v) is 10.4. The third kappa shape index (κ3) is 4.94. The van der Waals surface area contributed by atoms with Gasteiger partial charge in [-0.15, -0.1) is 0 Å². The number of hydrogen-bond donors (Lipinski definition) is 2. The molecule has 0 unspecified atom stereocenters. The lowest BCUT2D eigenvalue weighted by molar-refractivity contribution is 0.0979. The van der Waals surface area contributed by atoms with Crippen molar-refractivity contribution in [2.24, 2.45) is 5.73 Å². The first kappa shape index (κ1) is 23.3. The van der Waals surface area contributed by atoms with Gasteiger partial charge in [-0.25, -0.2) is 0 Å². The molecule has 0 saturated heterocycles. The zero-order chi connectivity index (χ0) is 21.4. The van der Waals surface area contributed by atoms with Crippen LogP contribution in [0.3, 0.4) is 0 Å². The molecule has 154 valence electrons. The molecule has 6 heteroatoms. The van der Waals surface area contributed by atoms with Gasteiger partial charge in [0, 0.05) is 13.0 Å². The predicted octanol–water partition coefficient (Wildman–Crippen LogP) is 6.84. The minimum atomic E-state index is -0.115. The molecule has 0 aliphatic heterocycles. The van der Waals surface area contributed by atoms with Crippen LogP contribution in [-0.4, -0.2) is 10.8 Å². The van der Waals surface area contributed by atoms with E-state index in [2.05, 4.69) is 58.7 Å². The van der Waals surface area contributed by atoms with Gasteiger partial charge >= 0.3 is 0 Å². The van der Waals surface area contributed by atoms with Gasteiger partial charge in [0.15, 0.2) is 5.78 Å². The molecule has 0 aliphatic rings. The van der Waals surface area contributed by atoms with Gasteiger partial charge in [-0.05, 0) is 39.5 Å². The van der Waals surface area contributed by atoms with E-state index in [0.29, 0.717) is 19.4 Å². The maximum atomic E-state index is 12.6. The molecule has 0 atom stereocenters.